The molecule has 27 heavy (non-hydrogen) atoms. The van der Waals surface area contributed by atoms with Gasteiger partial charge in [-0.05, 0) is 6.42 Å². The third-order valence-corrected chi connectivity index (χ3v) is 3.56. The topological polar surface area (TPSA) is 126 Å². The summed E-state index contributed by atoms with van der Waals surface area (Å²) in [5.41, 5.74) is 0. The highest BCUT2D eigenvalue weighted by atomic mass is 16.7. The minimum atomic E-state index is -1.11. The number of carbonyl (C=O) groups excluding carboxylic acids is 4. The lowest BCUT2D eigenvalue weighted by atomic mass is 9.96. The van der Waals surface area contributed by atoms with Crippen molar-refractivity contribution in [2.24, 2.45) is 0 Å². The second-order valence-electron chi connectivity index (χ2n) is 6.09. The molecule has 1 N–H and O–H groups in total. The van der Waals surface area contributed by atoms with E-state index in [1.165, 1.54) is 27.7 Å². The minimum absolute atomic E-state index is 0.246. The van der Waals surface area contributed by atoms with E-state index in [-0.39, 0.29) is 6.61 Å². The average molecular weight is 389 g/mol. The Morgan fingerprint density at radius 2 is 1.52 bits per heavy atom. The first-order valence-corrected chi connectivity index (χ1v) is 8.67. The molecule has 0 aromatic heterocycles. The van der Waals surface area contributed by atoms with E-state index in [4.69, 9.17) is 23.7 Å². The lowest BCUT2D eigenvalue weighted by Gasteiger charge is -2.44. The molecule has 1 saturated heterocycles. The molecule has 0 aromatic rings. The molecule has 1 amide bonds. The molecule has 0 aliphatic carbocycles. The van der Waals surface area contributed by atoms with E-state index in [0.717, 1.165) is 0 Å². The van der Waals surface area contributed by atoms with E-state index >= 15 is 0 Å². The molecule has 0 saturated carbocycles. The molecular formula is C17H27NO9. The van der Waals surface area contributed by atoms with Crippen LogP contribution in [0.1, 0.15) is 41.0 Å². The molecule has 154 valence electrons. The summed E-state index contributed by atoms with van der Waals surface area (Å²) in [4.78, 5) is 46.0. The summed E-state index contributed by atoms with van der Waals surface area (Å²) in [5, 5.41) is 2.62. The molecule has 1 fully saturated rings. The second kappa shape index (κ2) is 10.8. The zero-order valence-corrected chi connectivity index (χ0v) is 16.2. The van der Waals surface area contributed by atoms with Crippen LogP contribution in [0.2, 0.25) is 0 Å². The fourth-order valence-corrected chi connectivity index (χ4v) is 2.67. The number of rotatable bonds is 8. The summed E-state index contributed by atoms with van der Waals surface area (Å²) in [7, 11) is 0. The van der Waals surface area contributed by atoms with Crippen molar-refractivity contribution in [2.75, 3.05) is 13.2 Å². The van der Waals surface area contributed by atoms with Crippen LogP contribution in [0.4, 0.5) is 0 Å². The molecule has 1 heterocycles. The van der Waals surface area contributed by atoms with Gasteiger partial charge in [0, 0.05) is 34.3 Å². The van der Waals surface area contributed by atoms with Crippen LogP contribution >= 0.6 is 0 Å². The molecular weight excluding hydrogens is 362 g/mol. The predicted molar refractivity (Wildman–Crippen MR) is 90.2 cm³/mol. The van der Waals surface area contributed by atoms with Crippen LogP contribution in [-0.4, -0.2) is 67.7 Å². The summed E-state index contributed by atoms with van der Waals surface area (Å²) < 4.78 is 27.0. The smallest absolute Gasteiger partial charge is 0.303 e. The minimum Gasteiger partial charge on any atom is -0.463 e. The second-order valence-corrected chi connectivity index (χ2v) is 6.09. The van der Waals surface area contributed by atoms with Crippen LogP contribution in [0.25, 0.3) is 0 Å². The maximum absolute atomic E-state index is 11.6. The highest BCUT2D eigenvalue weighted by molar-refractivity contribution is 5.73. The van der Waals surface area contributed by atoms with Gasteiger partial charge in [-0.3, -0.25) is 19.2 Å². The highest BCUT2D eigenvalue weighted by Crippen LogP contribution is 2.28. The van der Waals surface area contributed by atoms with E-state index < -0.39 is 54.5 Å². The zero-order valence-electron chi connectivity index (χ0n) is 16.2. The third kappa shape index (κ3) is 7.51. The third-order valence-electron chi connectivity index (χ3n) is 3.56. The number of carbonyl (C=O) groups is 4. The van der Waals surface area contributed by atoms with E-state index in [0.29, 0.717) is 13.0 Å². The van der Waals surface area contributed by atoms with Crippen LogP contribution in [0.15, 0.2) is 0 Å². The lowest BCUT2D eigenvalue weighted by Crippen LogP contribution is -2.66. The maximum Gasteiger partial charge on any atom is 0.303 e. The Morgan fingerprint density at radius 1 is 0.926 bits per heavy atom. The molecule has 0 aromatic carbocycles. The van der Waals surface area contributed by atoms with E-state index in [1.807, 2.05) is 6.92 Å². The predicted octanol–water partition coefficient (Wildman–Crippen LogP) is 0.0691. The van der Waals surface area contributed by atoms with E-state index in [2.05, 4.69) is 5.32 Å². The maximum atomic E-state index is 11.6. The van der Waals surface area contributed by atoms with Crippen molar-refractivity contribution < 1.29 is 42.9 Å². The van der Waals surface area contributed by atoms with E-state index in [1.54, 1.807) is 0 Å². The molecule has 1 rings (SSSR count). The number of nitrogens with one attached hydrogen (secondary N) is 1. The van der Waals surface area contributed by atoms with Crippen molar-refractivity contribution in [2.45, 2.75) is 71.7 Å². The Balaban J connectivity index is 3.22. The standard InChI is InChI=1S/C17H27NO9/c1-6-7-23-17-14(18-9(2)19)16(26-12(5)22)15(25-11(4)21)13(27-17)8-24-10(3)20/h13-17H,6-8H2,1-5H3,(H,18,19)/t13-,14-,15+,16-,17+/m0/s1. The Hall–Kier alpha value is -2.20. The van der Waals surface area contributed by atoms with Crippen LogP contribution in [0.5, 0.6) is 0 Å². The summed E-state index contributed by atoms with van der Waals surface area (Å²) >= 11 is 0. The number of hydrogen-bond acceptors (Lipinski definition) is 9. The number of esters is 3. The summed E-state index contributed by atoms with van der Waals surface area (Å²) in [6, 6.07) is -0.920. The largest absolute Gasteiger partial charge is 0.463 e. The molecule has 0 spiro atoms. The normalized spacial score (nSPS) is 27.4. The van der Waals surface area contributed by atoms with Crippen molar-refractivity contribution in [3.63, 3.8) is 0 Å². The highest BCUT2D eigenvalue weighted by Gasteiger charge is 2.51. The Bertz CT molecular complexity index is 551. The number of hydrogen-bond donors (Lipinski definition) is 1. The van der Waals surface area contributed by atoms with Gasteiger partial charge in [-0.25, -0.2) is 0 Å². The van der Waals surface area contributed by atoms with Crippen molar-refractivity contribution in [1.29, 1.82) is 0 Å². The Morgan fingerprint density at radius 3 is 2.00 bits per heavy atom. The number of ether oxygens (including phenoxy) is 5. The molecule has 5 atom stereocenters. The van der Waals surface area contributed by atoms with Gasteiger partial charge in [0.2, 0.25) is 5.91 Å². The average Bonchev–Trinajstić information content (AvgIpc) is 2.54. The van der Waals surface area contributed by atoms with Crippen LogP contribution < -0.4 is 5.32 Å². The van der Waals surface area contributed by atoms with Crippen LogP contribution in [0.3, 0.4) is 0 Å². The SMILES string of the molecule is CCCO[C@@H]1O[C@@H](COC(C)=O)[C@@H](OC(C)=O)[C@@H](OC(C)=O)[C@@H]1NC(C)=O. The van der Waals surface area contributed by atoms with Crippen molar-refractivity contribution in [1.82, 2.24) is 5.32 Å². The quantitative estimate of drug-likeness (QED) is 0.453. The molecule has 10 nitrogen and oxygen atoms in total. The van der Waals surface area contributed by atoms with Crippen molar-refractivity contribution >= 4 is 23.8 Å². The van der Waals surface area contributed by atoms with Crippen molar-refractivity contribution in [3.8, 4) is 0 Å². The van der Waals surface area contributed by atoms with Gasteiger partial charge in [-0.2, -0.15) is 0 Å². The van der Waals surface area contributed by atoms with Gasteiger partial charge in [-0.15, -0.1) is 0 Å². The van der Waals surface area contributed by atoms with Crippen LogP contribution in [-0.2, 0) is 42.9 Å². The summed E-state index contributed by atoms with van der Waals surface area (Å²) in [5.74, 6) is -2.26. The Kier molecular flexibility index (Phi) is 9.16. The zero-order chi connectivity index (χ0) is 20.6. The monoisotopic (exact) mass is 389 g/mol. The van der Waals surface area contributed by atoms with Gasteiger partial charge in [0.15, 0.2) is 18.5 Å². The van der Waals surface area contributed by atoms with Gasteiger partial charge in [0.1, 0.15) is 18.8 Å². The molecule has 10 heteroatoms. The van der Waals surface area contributed by atoms with Gasteiger partial charge < -0.3 is 29.0 Å². The first-order valence-electron chi connectivity index (χ1n) is 8.67. The molecule has 0 radical (unpaired) electrons. The first kappa shape index (κ1) is 22.8. The lowest BCUT2D eigenvalue weighted by molar-refractivity contribution is -0.277. The van der Waals surface area contributed by atoms with Crippen molar-refractivity contribution in [3.05, 3.63) is 0 Å². The molecule has 1 aliphatic rings. The summed E-state index contributed by atoms with van der Waals surface area (Å²) in [6.07, 6.45) is -3.47. The molecule has 0 unspecified atom stereocenters. The number of amides is 1. The molecule has 0 bridgehead atoms. The van der Waals surface area contributed by atoms with E-state index in [9.17, 15) is 19.2 Å². The fourth-order valence-electron chi connectivity index (χ4n) is 2.67. The first-order chi connectivity index (χ1) is 12.6. The van der Waals surface area contributed by atoms with Gasteiger partial charge in [0.25, 0.3) is 0 Å². The molecule has 1 aliphatic heterocycles. The van der Waals surface area contributed by atoms with Gasteiger partial charge >= 0.3 is 17.9 Å². The van der Waals surface area contributed by atoms with Gasteiger partial charge in [-0.1, -0.05) is 6.92 Å². The fraction of sp³-hybridized carbons (Fsp3) is 0.765. The van der Waals surface area contributed by atoms with Crippen LogP contribution in [0, 0.1) is 0 Å². The van der Waals surface area contributed by atoms with Gasteiger partial charge in [0.05, 0.1) is 0 Å². The Labute approximate surface area is 157 Å². The summed E-state index contributed by atoms with van der Waals surface area (Å²) in [6.45, 7) is 6.83.